The SMILES string of the molecule is C[C@@H](C(=O)N/N=C\c1ccc(Cl)cc1)n1cnc2sc3c(c2c1=O)CCCC3. The summed E-state index contributed by atoms with van der Waals surface area (Å²) in [6, 6.07) is 6.36. The number of hydrogen-bond acceptors (Lipinski definition) is 5. The molecule has 3 aromatic rings. The molecule has 1 aromatic carbocycles. The molecule has 2 heterocycles. The van der Waals surface area contributed by atoms with Crippen LogP contribution in [-0.4, -0.2) is 21.7 Å². The molecule has 6 nitrogen and oxygen atoms in total. The maximum atomic E-state index is 13.0. The Labute approximate surface area is 170 Å². The molecule has 1 atom stereocenters. The molecule has 8 heteroatoms. The van der Waals surface area contributed by atoms with Gasteiger partial charge in [-0.3, -0.25) is 14.2 Å². The van der Waals surface area contributed by atoms with Gasteiger partial charge in [0.25, 0.3) is 11.5 Å². The average molecular weight is 415 g/mol. The summed E-state index contributed by atoms with van der Waals surface area (Å²) in [6.45, 7) is 1.67. The highest BCUT2D eigenvalue weighted by molar-refractivity contribution is 7.18. The average Bonchev–Trinajstić information content (AvgIpc) is 3.08. The van der Waals surface area contributed by atoms with E-state index in [1.165, 1.54) is 22.0 Å². The molecular formula is C20H19ClN4O2S. The molecule has 0 unspecified atom stereocenters. The number of nitrogens with one attached hydrogen (secondary N) is 1. The zero-order chi connectivity index (χ0) is 19.7. The second-order valence-corrected chi connectivity index (χ2v) is 8.33. The molecule has 0 saturated heterocycles. The Morgan fingerprint density at radius 2 is 2.07 bits per heavy atom. The summed E-state index contributed by atoms with van der Waals surface area (Å²) < 4.78 is 1.39. The lowest BCUT2D eigenvalue weighted by atomic mass is 9.97. The van der Waals surface area contributed by atoms with Crippen LogP contribution in [0.15, 0.2) is 40.5 Å². The number of nitrogens with zero attached hydrogens (tertiary/aromatic N) is 3. The van der Waals surface area contributed by atoms with Crippen LogP contribution in [0, 0.1) is 0 Å². The minimum atomic E-state index is -0.717. The third kappa shape index (κ3) is 3.59. The van der Waals surface area contributed by atoms with Gasteiger partial charge in [-0.2, -0.15) is 5.10 Å². The van der Waals surface area contributed by atoms with Crippen molar-refractivity contribution in [3.8, 4) is 0 Å². The van der Waals surface area contributed by atoms with E-state index < -0.39 is 6.04 Å². The van der Waals surface area contributed by atoms with Gasteiger partial charge < -0.3 is 0 Å². The van der Waals surface area contributed by atoms with Crippen molar-refractivity contribution in [1.82, 2.24) is 15.0 Å². The van der Waals surface area contributed by atoms with E-state index >= 15 is 0 Å². The van der Waals surface area contributed by atoms with Crippen molar-refractivity contribution in [1.29, 1.82) is 0 Å². The summed E-state index contributed by atoms with van der Waals surface area (Å²) in [5.74, 6) is -0.377. The predicted molar refractivity (Wildman–Crippen MR) is 112 cm³/mol. The van der Waals surface area contributed by atoms with E-state index in [-0.39, 0.29) is 11.5 Å². The van der Waals surface area contributed by atoms with Crippen LogP contribution < -0.4 is 11.0 Å². The number of thiophene rings is 1. The van der Waals surface area contributed by atoms with Crippen molar-refractivity contribution in [3.05, 3.63) is 62.0 Å². The zero-order valence-electron chi connectivity index (χ0n) is 15.3. The highest BCUT2D eigenvalue weighted by Gasteiger charge is 2.23. The molecule has 0 saturated carbocycles. The molecule has 0 fully saturated rings. The number of benzene rings is 1. The highest BCUT2D eigenvalue weighted by Crippen LogP contribution is 2.33. The number of aryl methyl sites for hydroxylation is 2. The van der Waals surface area contributed by atoms with Crippen LogP contribution in [0.4, 0.5) is 0 Å². The number of amides is 1. The number of rotatable bonds is 4. The molecule has 144 valence electrons. The second-order valence-electron chi connectivity index (χ2n) is 6.81. The van der Waals surface area contributed by atoms with Gasteiger partial charge in [0, 0.05) is 9.90 Å². The van der Waals surface area contributed by atoms with Crippen molar-refractivity contribution in [2.75, 3.05) is 0 Å². The van der Waals surface area contributed by atoms with Crippen molar-refractivity contribution < 1.29 is 4.79 Å². The third-order valence-electron chi connectivity index (χ3n) is 4.96. The zero-order valence-corrected chi connectivity index (χ0v) is 16.9. The van der Waals surface area contributed by atoms with Crippen LogP contribution in [0.2, 0.25) is 5.02 Å². The van der Waals surface area contributed by atoms with Crippen LogP contribution in [0.5, 0.6) is 0 Å². The van der Waals surface area contributed by atoms with Gasteiger partial charge >= 0.3 is 0 Å². The van der Waals surface area contributed by atoms with E-state index in [0.717, 1.165) is 41.6 Å². The normalized spacial score (nSPS) is 14.9. The standard InChI is InChI=1S/C20H19ClN4O2S/c1-12(18(26)24-23-10-13-6-8-14(21)9-7-13)25-11-22-19-17(20(25)27)15-4-2-3-5-16(15)28-19/h6-12H,2-5H2,1H3,(H,24,26)/b23-10-/t12-/m0/s1. The van der Waals surface area contributed by atoms with Crippen molar-refractivity contribution in [3.63, 3.8) is 0 Å². The van der Waals surface area contributed by atoms with Gasteiger partial charge in [0.15, 0.2) is 0 Å². The van der Waals surface area contributed by atoms with Crippen LogP contribution in [-0.2, 0) is 17.6 Å². The summed E-state index contributed by atoms with van der Waals surface area (Å²) in [5, 5.41) is 5.27. The Hall–Kier alpha value is -2.51. The summed E-state index contributed by atoms with van der Waals surface area (Å²) in [5.41, 5.74) is 4.25. The fourth-order valence-corrected chi connectivity index (χ4v) is 4.72. The molecule has 0 radical (unpaired) electrons. The molecular weight excluding hydrogens is 396 g/mol. The van der Waals surface area contributed by atoms with Gasteiger partial charge in [0.1, 0.15) is 10.9 Å². The molecule has 4 rings (SSSR count). The first-order chi connectivity index (χ1) is 13.5. The van der Waals surface area contributed by atoms with Crippen LogP contribution in [0.25, 0.3) is 10.2 Å². The van der Waals surface area contributed by atoms with Gasteiger partial charge in [-0.25, -0.2) is 10.4 Å². The molecule has 1 aliphatic rings. The molecule has 1 aliphatic carbocycles. The molecule has 0 aliphatic heterocycles. The Kier molecular flexibility index (Phi) is 5.28. The Balaban J connectivity index is 1.55. The van der Waals surface area contributed by atoms with Crippen LogP contribution >= 0.6 is 22.9 Å². The summed E-state index contributed by atoms with van der Waals surface area (Å²) in [7, 11) is 0. The number of hydrogen-bond donors (Lipinski definition) is 1. The summed E-state index contributed by atoms with van der Waals surface area (Å²) in [4.78, 5) is 32.0. The number of hydrazone groups is 1. The van der Waals surface area contributed by atoms with Gasteiger partial charge in [0.05, 0.1) is 17.9 Å². The maximum Gasteiger partial charge on any atom is 0.263 e. The van der Waals surface area contributed by atoms with E-state index in [0.29, 0.717) is 10.4 Å². The monoisotopic (exact) mass is 414 g/mol. The van der Waals surface area contributed by atoms with Gasteiger partial charge in [0.2, 0.25) is 0 Å². The first-order valence-corrected chi connectivity index (χ1v) is 10.3. The first kappa shape index (κ1) is 18.8. The van der Waals surface area contributed by atoms with E-state index in [1.54, 1.807) is 42.5 Å². The summed E-state index contributed by atoms with van der Waals surface area (Å²) >= 11 is 7.44. The lowest BCUT2D eigenvalue weighted by Gasteiger charge is -2.14. The molecule has 2 aromatic heterocycles. The Morgan fingerprint density at radius 3 is 2.86 bits per heavy atom. The van der Waals surface area contributed by atoms with Crippen LogP contribution in [0.3, 0.4) is 0 Å². The number of halogens is 1. The minimum Gasteiger partial charge on any atom is -0.286 e. The molecule has 0 spiro atoms. The number of carbonyl (C=O) groups excluding carboxylic acids is 1. The number of carbonyl (C=O) groups is 1. The van der Waals surface area contributed by atoms with Gasteiger partial charge in [-0.1, -0.05) is 23.7 Å². The molecule has 0 bridgehead atoms. The van der Waals surface area contributed by atoms with Crippen molar-refractivity contribution in [2.24, 2.45) is 5.10 Å². The van der Waals surface area contributed by atoms with Crippen molar-refractivity contribution in [2.45, 2.75) is 38.6 Å². The Bertz CT molecular complexity index is 1120. The van der Waals surface area contributed by atoms with Gasteiger partial charge in [-0.15, -0.1) is 11.3 Å². The van der Waals surface area contributed by atoms with E-state index in [4.69, 9.17) is 11.6 Å². The van der Waals surface area contributed by atoms with E-state index in [2.05, 4.69) is 15.5 Å². The second kappa shape index (κ2) is 7.85. The summed E-state index contributed by atoms with van der Waals surface area (Å²) in [6.07, 6.45) is 7.13. The quantitative estimate of drug-likeness (QED) is 0.522. The fourth-order valence-electron chi connectivity index (χ4n) is 3.37. The largest absolute Gasteiger partial charge is 0.286 e. The molecule has 1 amide bonds. The third-order valence-corrected chi connectivity index (χ3v) is 6.41. The first-order valence-electron chi connectivity index (χ1n) is 9.14. The van der Waals surface area contributed by atoms with E-state index in [1.807, 2.05) is 0 Å². The van der Waals surface area contributed by atoms with E-state index in [9.17, 15) is 9.59 Å². The predicted octanol–water partition coefficient (Wildman–Crippen LogP) is 3.70. The highest BCUT2D eigenvalue weighted by atomic mass is 35.5. The lowest BCUT2D eigenvalue weighted by molar-refractivity contribution is -0.123. The van der Waals surface area contributed by atoms with Crippen LogP contribution in [0.1, 0.15) is 41.8 Å². The Morgan fingerprint density at radius 1 is 1.32 bits per heavy atom. The molecule has 28 heavy (non-hydrogen) atoms. The maximum absolute atomic E-state index is 13.0. The smallest absolute Gasteiger partial charge is 0.263 e. The molecule has 1 N–H and O–H groups in total. The topological polar surface area (TPSA) is 76.3 Å². The fraction of sp³-hybridized carbons (Fsp3) is 0.300. The van der Waals surface area contributed by atoms with Gasteiger partial charge in [-0.05, 0) is 55.9 Å². The lowest BCUT2D eigenvalue weighted by Crippen LogP contribution is -2.34. The minimum absolute atomic E-state index is 0.159. The number of fused-ring (bicyclic) bond motifs is 3. The van der Waals surface area contributed by atoms with Crippen molar-refractivity contribution >= 4 is 45.3 Å². The number of aromatic nitrogens is 2.